The molecule has 0 spiro atoms. The van der Waals surface area contributed by atoms with Crippen molar-refractivity contribution in [1.29, 1.82) is 0 Å². The molecule has 7 heteroatoms. The molecule has 0 aliphatic carbocycles. The highest BCUT2D eigenvalue weighted by Crippen LogP contribution is 2.16. The van der Waals surface area contributed by atoms with E-state index < -0.39 is 24.3 Å². The summed E-state index contributed by atoms with van der Waals surface area (Å²) in [6.07, 6.45) is 44.6. The van der Waals surface area contributed by atoms with Gasteiger partial charge in [0.05, 0.1) is 12.2 Å². The second-order valence-corrected chi connectivity index (χ2v) is 14.4. The summed E-state index contributed by atoms with van der Waals surface area (Å²) in [4.78, 5) is 24.0. The topological polar surface area (TPSA) is 113 Å². The van der Waals surface area contributed by atoms with Gasteiger partial charge >= 0.3 is 11.9 Å². The van der Waals surface area contributed by atoms with Gasteiger partial charge in [0.1, 0.15) is 19.3 Å². The van der Waals surface area contributed by atoms with E-state index >= 15 is 0 Å². The summed E-state index contributed by atoms with van der Waals surface area (Å²) < 4.78 is 10.3. The van der Waals surface area contributed by atoms with E-state index in [1.807, 2.05) is 48.6 Å². The lowest BCUT2D eigenvalue weighted by Crippen LogP contribution is -2.25. The van der Waals surface area contributed by atoms with Crippen molar-refractivity contribution in [1.82, 2.24) is 0 Å². The molecule has 304 valence electrons. The lowest BCUT2D eigenvalue weighted by molar-refractivity contribution is -0.152. The van der Waals surface area contributed by atoms with E-state index in [1.165, 1.54) is 83.5 Å². The minimum absolute atomic E-state index is 0.169. The van der Waals surface area contributed by atoms with Crippen LogP contribution in [0.15, 0.2) is 72.9 Å². The first-order valence-electron chi connectivity index (χ1n) is 21.1. The largest absolute Gasteiger partial charge is 0.463 e. The third-order valence-electron chi connectivity index (χ3n) is 9.18. The molecule has 0 aliphatic heterocycles. The monoisotopic (exact) mass is 743 g/mol. The maximum atomic E-state index is 12.0. The number of unbranched alkanes of at least 4 members (excludes halogenated alkanes) is 13. The fourth-order valence-electron chi connectivity index (χ4n) is 5.56. The van der Waals surface area contributed by atoms with Gasteiger partial charge in [-0.2, -0.15) is 0 Å². The van der Waals surface area contributed by atoms with Gasteiger partial charge in [-0.3, -0.25) is 9.59 Å². The van der Waals surface area contributed by atoms with Gasteiger partial charge in [0, 0.05) is 12.8 Å². The summed E-state index contributed by atoms with van der Waals surface area (Å²) in [5.41, 5.74) is 0. The van der Waals surface area contributed by atoms with Gasteiger partial charge in [0.2, 0.25) is 0 Å². The molecular weight excluding hydrogens is 664 g/mol. The van der Waals surface area contributed by atoms with Crippen LogP contribution in [-0.4, -0.2) is 58.8 Å². The van der Waals surface area contributed by atoms with Crippen molar-refractivity contribution in [3.8, 4) is 0 Å². The normalized spacial score (nSPS) is 14.8. The Morgan fingerprint density at radius 1 is 0.547 bits per heavy atom. The molecule has 0 aromatic rings. The maximum Gasteiger partial charge on any atom is 0.306 e. The average molecular weight is 743 g/mol. The van der Waals surface area contributed by atoms with Gasteiger partial charge in [0.15, 0.2) is 0 Å². The minimum atomic E-state index is -1.03. The predicted octanol–water partition coefficient (Wildman–Crippen LogP) is 11.1. The van der Waals surface area contributed by atoms with Crippen LogP contribution in [0.3, 0.4) is 0 Å². The molecule has 4 atom stereocenters. The molecule has 1 unspecified atom stereocenters. The number of aliphatic hydroxyl groups excluding tert-OH is 3. The smallest absolute Gasteiger partial charge is 0.306 e. The lowest BCUT2D eigenvalue weighted by Gasteiger charge is -2.12. The van der Waals surface area contributed by atoms with Gasteiger partial charge in [-0.05, 0) is 44.4 Å². The lowest BCUT2D eigenvalue weighted by atomic mass is 9.99. The quantitative estimate of drug-likeness (QED) is 0.0253. The summed E-state index contributed by atoms with van der Waals surface area (Å²) >= 11 is 0. The first kappa shape index (κ1) is 50.3. The van der Waals surface area contributed by atoms with E-state index in [2.05, 4.69) is 20.8 Å². The summed E-state index contributed by atoms with van der Waals surface area (Å²) in [5, 5.41) is 29.9. The Morgan fingerprint density at radius 2 is 1.00 bits per heavy atom. The number of carbonyl (C=O) groups excluding carboxylic acids is 2. The predicted molar refractivity (Wildman–Crippen MR) is 221 cm³/mol. The second kappa shape index (κ2) is 39.0. The Hall–Kier alpha value is -2.74. The van der Waals surface area contributed by atoms with Crippen LogP contribution in [0, 0.1) is 5.92 Å². The van der Waals surface area contributed by atoms with E-state index in [0.717, 1.165) is 31.6 Å². The van der Waals surface area contributed by atoms with Crippen molar-refractivity contribution >= 4 is 11.9 Å². The van der Waals surface area contributed by atoms with Crippen LogP contribution in [0.4, 0.5) is 0 Å². The number of aliphatic hydroxyl groups is 3. The molecule has 0 fully saturated rings. The number of hydrogen-bond acceptors (Lipinski definition) is 7. The number of hydrogen-bond donors (Lipinski definition) is 3. The minimum Gasteiger partial charge on any atom is -0.463 e. The molecule has 0 radical (unpaired) electrons. The van der Waals surface area contributed by atoms with E-state index in [-0.39, 0.29) is 25.6 Å². The molecular formula is C46H78O7. The summed E-state index contributed by atoms with van der Waals surface area (Å²) in [6, 6.07) is 0. The Bertz CT molecular complexity index is 1020. The van der Waals surface area contributed by atoms with E-state index in [9.17, 15) is 24.9 Å². The van der Waals surface area contributed by atoms with Gasteiger partial charge < -0.3 is 24.8 Å². The van der Waals surface area contributed by atoms with Gasteiger partial charge in [0.25, 0.3) is 0 Å². The molecule has 0 amide bonds. The molecule has 0 saturated heterocycles. The highest BCUT2D eigenvalue weighted by molar-refractivity contribution is 5.70. The summed E-state index contributed by atoms with van der Waals surface area (Å²) in [6.45, 7) is 6.34. The Kier molecular flexibility index (Phi) is 37.0. The van der Waals surface area contributed by atoms with E-state index in [4.69, 9.17) is 9.47 Å². The first-order chi connectivity index (χ1) is 25.8. The van der Waals surface area contributed by atoms with Crippen LogP contribution in [0.1, 0.15) is 168 Å². The van der Waals surface area contributed by atoms with E-state index in [0.29, 0.717) is 32.1 Å². The third-order valence-corrected chi connectivity index (χ3v) is 9.18. The van der Waals surface area contributed by atoms with Gasteiger partial charge in [-0.1, -0.05) is 190 Å². The molecule has 53 heavy (non-hydrogen) atoms. The SMILES string of the molecule is CC/C=C\C[C@@H](O)/C=C/C=C\C=C\[C@@H](O)C/C=C\C/C=C\CCC(=O)OC[C@H](O)COC(=O)CCCCCCCCCCCCCCCCC(C)CC. The molecule has 0 bridgehead atoms. The van der Waals surface area contributed by atoms with Crippen LogP contribution in [-0.2, 0) is 19.1 Å². The van der Waals surface area contributed by atoms with Crippen molar-refractivity contribution in [3.05, 3.63) is 72.9 Å². The van der Waals surface area contributed by atoms with Gasteiger partial charge in [-0.15, -0.1) is 0 Å². The number of rotatable bonds is 36. The van der Waals surface area contributed by atoms with Crippen LogP contribution in [0.5, 0.6) is 0 Å². The fourth-order valence-corrected chi connectivity index (χ4v) is 5.56. The van der Waals surface area contributed by atoms with Crippen molar-refractivity contribution in [2.24, 2.45) is 5.92 Å². The third kappa shape index (κ3) is 38.8. The zero-order chi connectivity index (χ0) is 39.0. The molecule has 0 rings (SSSR count). The van der Waals surface area contributed by atoms with Crippen molar-refractivity contribution in [3.63, 3.8) is 0 Å². The van der Waals surface area contributed by atoms with Crippen molar-refractivity contribution in [2.75, 3.05) is 13.2 Å². The van der Waals surface area contributed by atoms with Gasteiger partial charge in [-0.25, -0.2) is 0 Å². The standard InChI is InChI=1S/C46H78O7/c1-4-6-25-33-42(47)35-28-23-24-29-36-43(48)34-27-20-17-18-22-31-38-46(51)53-40-44(49)39-52-45(50)37-30-21-16-14-12-10-8-7-9-11-13-15-19-26-32-41(3)5-2/h6,18,20,22-25,27-29,35-36,41-44,47-49H,4-5,7-17,19,21,26,30-34,37-40H2,1-3H3/b22-18-,24-23-,25-6-,27-20-,35-28+,36-29+/t41?,42-,43+,44-/m1/s1. The Labute approximate surface area is 324 Å². The number of ether oxygens (including phenoxy) is 2. The molecule has 7 nitrogen and oxygen atoms in total. The number of carbonyl (C=O) groups is 2. The average Bonchev–Trinajstić information content (AvgIpc) is 3.15. The summed E-state index contributed by atoms with van der Waals surface area (Å²) in [5.74, 6) is 0.163. The summed E-state index contributed by atoms with van der Waals surface area (Å²) in [7, 11) is 0. The molecule has 0 aliphatic rings. The highest BCUT2D eigenvalue weighted by atomic mass is 16.6. The first-order valence-corrected chi connectivity index (χ1v) is 21.1. The molecule has 0 aromatic heterocycles. The second-order valence-electron chi connectivity index (χ2n) is 14.4. The van der Waals surface area contributed by atoms with Crippen LogP contribution < -0.4 is 0 Å². The molecule has 3 N–H and O–H groups in total. The highest BCUT2D eigenvalue weighted by Gasteiger charge is 2.12. The zero-order valence-electron chi connectivity index (χ0n) is 33.9. The maximum absolute atomic E-state index is 12.0. The van der Waals surface area contributed by atoms with Crippen LogP contribution in [0.2, 0.25) is 0 Å². The Balaban J connectivity index is 3.67. The zero-order valence-corrected chi connectivity index (χ0v) is 33.9. The van der Waals surface area contributed by atoms with Crippen molar-refractivity contribution in [2.45, 2.75) is 187 Å². The Morgan fingerprint density at radius 3 is 1.51 bits per heavy atom. The molecule has 0 saturated carbocycles. The fraction of sp³-hybridized carbons (Fsp3) is 0.696. The van der Waals surface area contributed by atoms with E-state index in [1.54, 1.807) is 24.3 Å². The molecule has 0 aromatic carbocycles. The number of esters is 2. The van der Waals surface area contributed by atoms with Crippen LogP contribution >= 0.6 is 0 Å². The molecule has 0 heterocycles. The number of allylic oxidation sites excluding steroid dienone is 8. The van der Waals surface area contributed by atoms with Crippen molar-refractivity contribution < 1.29 is 34.4 Å². The van der Waals surface area contributed by atoms with Crippen LogP contribution in [0.25, 0.3) is 0 Å².